The third kappa shape index (κ3) is 4.06. The first kappa shape index (κ1) is 15.5. The molecule has 1 fully saturated rings. The van der Waals surface area contributed by atoms with Gasteiger partial charge in [0.05, 0.1) is 0 Å². The number of carboxylic acid groups (broad SMARTS) is 1. The fourth-order valence-electron chi connectivity index (χ4n) is 3.34. The Morgan fingerprint density at radius 3 is 2.43 bits per heavy atom. The van der Waals surface area contributed by atoms with Gasteiger partial charge in [0, 0.05) is 18.1 Å². The molecule has 0 aromatic heterocycles. The molecular weight excluding hydrogens is 266 g/mol. The van der Waals surface area contributed by atoms with E-state index < -0.39 is 11.4 Å². The SMILES string of the molecule is Cc1ccc(NC(=O)CC2(CC(=O)[O-])CCCC2)c(C)c1. The average Bonchev–Trinajstić information content (AvgIpc) is 2.80. The van der Waals surface area contributed by atoms with E-state index in [1.807, 2.05) is 32.0 Å². The van der Waals surface area contributed by atoms with Crippen LogP contribution in [0, 0.1) is 19.3 Å². The van der Waals surface area contributed by atoms with E-state index in [0.29, 0.717) is 0 Å². The number of nitrogens with one attached hydrogen (secondary N) is 1. The number of aryl methyl sites for hydroxylation is 2. The number of hydrogen-bond acceptors (Lipinski definition) is 3. The van der Waals surface area contributed by atoms with Crippen LogP contribution in [0.15, 0.2) is 18.2 Å². The largest absolute Gasteiger partial charge is 0.550 e. The van der Waals surface area contributed by atoms with Crippen LogP contribution in [0.3, 0.4) is 0 Å². The minimum atomic E-state index is -1.06. The minimum absolute atomic E-state index is 0.0205. The fourth-order valence-corrected chi connectivity index (χ4v) is 3.34. The van der Waals surface area contributed by atoms with E-state index in [4.69, 9.17) is 0 Å². The van der Waals surface area contributed by atoms with Gasteiger partial charge in [0.2, 0.25) is 5.91 Å². The smallest absolute Gasteiger partial charge is 0.224 e. The Balaban J connectivity index is 2.04. The summed E-state index contributed by atoms with van der Waals surface area (Å²) in [5.74, 6) is -1.17. The summed E-state index contributed by atoms with van der Waals surface area (Å²) in [7, 11) is 0. The number of carbonyl (C=O) groups is 2. The molecule has 0 spiro atoms. The highest BCUT2D eigenvalue weighted by Crippen LogP contribution is 2.44. The van der Waals surface area contributed by atoms with E-state index >= 15 is 0 Å². The van der Waals surface area contributed by atoms with Crippen molar-refractivity contribution < 1.29 is 14.7 Å². The van der Waals surface area contributed by atoms with E-state index in [9.17, 15) is 14.7 Å². The first-order chi connectivity index (χ1) is 9.90. The Morgan fingerprint density at radius 1 is 1.19 bits per heavy atom. The Hall–Kier alpha value is -1.84. The van der Waals surface area contributed by atoms with E-state index in [1.165, 1.54) is 0 Å². The molecule has 21 heavy (non-hydrogen) atoms. The van der Waals surface area contributed by atoms with Gasteiger partial charge in [-0.25, -0.2) is 0 Å². The van der Waals surface area contributed by atoms with Crippen LogP contribution in [0.1, 0.15) is 49.7 Å². The van der Waals surface area contributed by atoms with Gasteiger partial charge in [-0.15, -0.1) is 0 Å². The highest BCUT2D eigenvalue weighted by atomic mass is 16.4. The molecule has 2 rings (SSSR count). The van der Waals surface area contributed by atoms with Crippen molar-refractivity contribution in [3.63, 3.8) is 0 Å². The highest BCUT2D eigenvalue weighted by Gasteiger charge is 2.36. The number of hydrogen-bond donors (Lipinski definition) is 1. The van der Waals surface area contributed by atoms with Crippen LogP contribution in [0.5, 0.6) is 0 Å². The lowest BCUT2D eigenvalue weighted by atomic mass is 9.79. The van der Waals surface area contributed by atoms with Crippen molar-refractivity contribution in [2.75, 3.05) is 5.32 Å². The van der Waals surface area contributed by atoms with Crippen LogP contribution in [0.4, 0.5) is 5.69 Å². The third-order valence-corrected chi connectivity index (χ3v) is 4.38. The first-order valence-electron chi connectivity index (χ1n) is 7.47. The van der Waals surface area contributed by atoms with Crippen LogP contribution < -0.4 is 10.4 Å². The van der Waals surface area contributed by atoms with E-state index in [0.717, 1.165) is 42.5 Å². The molecule has 114 valence electrons. The summed E-state index contributed by atoms with van der Waals surface area (Å²) in [6.07, 6.45) is 3.80. The van der Waals surface area contributed by atoms with Crippen molar-refractivity contribution in [3.05, 3.63) is 29.3 Å². The van der Waals surface area contributed by atoms with Gasteiger partial charge in [0.25, 0.3) is 0 Å². The molecule has 0 radical (unpaired) electrons. The predicted molar refractivity (Wildman–Crippen MR) is 79.7 cm³/mol. The summed E-state index contributed by atoms with van der Waals surface area (Å²) in [5.41, 5.74) is 2.55. The zero-order valence-electron chi connectivity index (χ0n) is 12.7. The molecule has 1 aromatic rings. The van der Waals surface area contributed by atoms with E-state index in [1.54, 1.807) is 0 Å². The first-order valence-corrected chi connectivity index (χ1v) is 7.47. The molecule has 0 aliphatic heterocycles. The number of anilines is 1. The Labute approximate surface area is 125 Å². The molecule has 0 heterocycles. The van der Waals surface area contributed by atoms with Gasteiger partial charge in [-0.3, -0.25) is 4.79 Å². The molecule has 1 aliphatic rings. The van der Waals surface area contributed by atoms with Gasteiger partial charge < -0.3 is 15.2 Å². The molecule has 4 nitrogen and oxygen atoms in total. The van der Waals surface area contributed by atoms with Crippen molar-refractivity contribution in [1.29, 1.82) is 0 Å². The molecule has 1 aromatic carbocycles. The van der Waals surface area contributed by atoms with Crippen molar-refractivity contribution in [1.82, 2.24) is 0 Å². The third-order valence-electron chi connectivity index (χ3n) is 4.38. The Kier molecular flexibility index (Phi) is 4.66. The second-order valence-electron chi connectivity index (χ2n) is 6.30. The van der Waals surface area contributed by atoms with Crippen LogP contribution >= 0.6 is 0 Å². The molecule has 4 heteroatoms. The van der Waals surface area contributed by atoms with E-state index in [-0.39, 0.29) is 18.7 Å². The molecule has 0 unspecified atom stereocenters. The summed E-state index contributed by atoms with van der Waals surface area (Å²) in [6, 6.07) is 5.86. The van der Waals surface area contributed by atoms with E-state index in [2.05, 4.69) is 5.32 Å². The van der Waals surface area contributed by atoms with Crippen LogP contribution in [0.25, 0.3) is 0 Å². The normalized spacial score (nSPS) is 16.7. The molecule has 1 amide bonds. The molecule has 1 saturated carbocycles. The highest BCUT2D eigenvalue weighted by molar-refractivity contribution is 5.92. The summed E-state index contributed by atoms with van der Waals surface area (Å²) in [5, 5.41) is 13.9. The summed E-state index contributed by atoms with van der Waals surface area (Å²) in [6.45, 7) is 3.96. The van der Waals surface area contributed by atoms with Gasteiger partial charge in [0.15, 0.2) is 0 Å². The maximum Gasteiger partial charge on any atom is 0.224 e. The van der Waals surface area contributed by atoms with Gasteiger partial charge in [0.1, 0.15) is 0 Å². The lowest BCUT2D eigenvalue weighted by Crippen LogP contribution is -2.33. The minimum Gasteiger partial charge on any atom is -0.550 e. The molecule has 0 saturated heterocycles. The number of aliphatic carboxylic acids is 1. The quantitative estimate of drug-likeness (QED) is 0.904. The predicted octanol–water partition coefficient (Wildman–Crippen LogP) is 2.33. The zero-order chi connectivity index (χ0) is 15.5. The second kappa shape index (κ2) is 6.29. The number of amides is 1. The van der Waals surface area contributed by atoms with Gasteiger partial charge in [-0.2, -0.15) is 0 Å². The molecule has 1 aliphatic carbocycles. The average molecular weight is 288 g/mol. The number of benzene rings is 1. The van der Waals surface area contributed by atoms with Gasteiger partial charge in [-0.1, -0.05) is 30.5 Å². The van der Waals surface area contributed by atoms with Crippen LogP contribution in [-0.2, 0) is 9.59 Å². The molecule has 0 bridgehead atoms. The number of carboxylic acids is 1. The van der Waals surface area contributed by atoms with Crippen molar-refractivity contribution in [2.45, 2.75) is 52.4 Å². The summed E-state index contributed by atoms with van der Waals surface area (Å²) >= 11 is 0. The lowest BCUT2D eigenvalue weighted by Gasteiger charge is -2.28. The van der Waals surface area contributed by atoms with Crippen molar-refractivity contribution in [3.8, 4) is 0 Å². The molecule has 1 N–H and O–H groups in total. The number of rotatable bonds is 5. The molecular formula is C17H22NO3-. The van der Waals surface area contributed by atoms with Crippen molar-refractivity contribution in [2.24, 2.45) is 5.41 Å². The van der Waals surface area contributed by atoms with Crippen molar-refractivity contribution >= 4 is 17.6 Å². The molecule has 0 atom stereocenters. The van der Waals surface area contributed by atoms with Crippen LogP contribution in [-0.4, -0.2) is 11.9 Å². The number of carbonyl (C=O) groups excluding carboxylic acids is 2. The second-order valence-corrected chi connectivity index (χ2v) is 6.30. The standard InChI is InChI=1S/C17H23NO3/c1-12-5-6-14(13(2)9-12)18-15(19)10-17(11-16(20)21)7-3-4-8-17/h5-6,9H,3-4,7-8,10-11H2,1-2H3,(H,18,19)(H,20,21)/p-1. The lowest BCUT2D eigenvalue weighted by molar-refractivity contribution is -0.308. The maximum absolute atomic E-state index is 12.3. The summed E-state index contributed by atoms with van der Waals surface area (Å²) < 4.78 is 0. The zero-order valence-corrected chi connectivity index (χ0v) is 12.7. The Morgan fingerprint density at radius 2 is 1.86 bits per heavy atom. The maximum atomic E-state index is 12.3. The van der Waals surface area contributed by atoms with Gasteiger partial charge >= 0.3 is 0 Å². The summed E-state index contributed by atoms with van der Waals surface area (Å²) in [4.78, 5) is 23.2. The topological polar surface area (TPSA) is 69.2 Å². The monoisotopic (exact) mass is 288 g/mol. The van der Waals surface area contributed by atoms with Gasteiger partial charge in [-0.05, 0) is 50.2 Å². The Bertz CT molecular complexity index is 545. The fraction of sp³-hybridized carbons (Fsp3) is 0.529. The van der Waals surface area contributed by atoms with Crippen LogP contribution in [0.2, 0.25) is 0 Å².